The second kappa shape index (κ2) is 5.30. The Hall–Kier alpha value is -1.69. The molecule has 0 radical (unpaired) electrons. The molecule has 5 heteroatoms. The van der Waals surface area contributed by atoms with Crippen LogP contribution >= 0.6 is 0 Å². The van der Waals surface area contributed by atoms with Gasteiger partial charge in [-0.3, -0.25) is 0 Å². The van der Waals surface area contributed by atoms with E-state index < -0.39 is 15.4 Å². The van der Waals surface area contributed by atoms with Crippen LogP contribution in [-0.2, 0) is 16.7 Å². The van der Waals surface area contributed by atoms with Crippen LogP contribution in [0.25, 0.3) is 0 Å². The normalized spacial score (nSPS) is 18.7. The Morgan fingerprint density at radius 3 is 2.78 bits per heavy atom. The molecule has 0 aliphatic carbocycles. The molecule has 1 unspecified atom stereocenters. The molecule has 0 bridgehead atoms. The first-order chi connectivity index (χ1) is 8.58. The Morgan fingerprint density at radius 1 is 1.33 bits per heavy atom. The molecule has 1 N–H and O–H groups in total. The van der Waals surface area contributed by atoms with E-state index in [4.69, 9.17) is 0 Å². The third kappa shape index (κ3) is 2.76. The zero-order valence-corrected chi connectivity index (χ0v) is 10.7. The molecule has 1 aliphatic heterocycles. The summed E-state index contributed by atoms with van der Waals surface area (Å²) in [6.07, 6.45) is 4.98. The topological polar surface area (TPSA) is 61.6 Å². The van der Waals surface area contributed by atoms with Gasteiger partial charge in [0, 0.05) is 12.0 Å². The monoisotopic (exact) mass is 263 g/mol. The number of hydroxylamine groups is 2. The van der Waals surface area contributed by atoms with Crippen molar-refractivity contribution < 1.29 is 13.5 Å². The first kappa shape index (κ1) is 12.8. The van der Waals surface area contributed by atoms with E-state index in [-0.39, 0.29) is 4.99 Å². The molecule has 1 aliphatic rings. The maximum absolute atomic E-state index is 11.5. The number of rotatable bonds is 2. The zero-order valence-electron chi connectivity index (χ0n) is 9.88. The molecule has 0 aromatic heterocycles. The Bertz CT molecular complexity index is 649. The molecule has 0 fully saturated rings. The molecule has 4 nitrogen and oxygen atoms in total. The summed E-state index contributed by atoms with van der Waals surface area (Å²) in [6.45, 7) is 1.97. The summed E-state index contributed by atoms with van der Waals surface area (Å²) < 4.78 is 22.2. The number of aryl methyl sites for hydroxylation is 1. The minimum atomic E-state index is -2.49. The summed E-state index contributed by atoms with van der Waals surface area (Å²) in [5, 5.41) is 11.1. The Balaban J connectivity index is 2.36. The minimum absolute atomic E-state index is 0.126. The van der Waals surface area contributed by atoms with Crippen LogP contribution in [0, 0.1) is 12.1 Å². The van der Waals surface area contributed by atoms with Gasteiger partial charge in [-0.05, 0) is 24.6 Å². The van der Waals surface area contributed by atoms with Crippen molar-refractivity contribution in [2.24, 2.45) is 0 Å². The van der Waals surface area contributed by atoms with Gasteiger partial charge in [0.15, 0.2) is 0 Å². The summed E-state index contributed by atoms with van der Waals surface area (Å²) in [6, 6.07) is 7.79. The lowest BCUT2D eigenvalue weighted by Gasteiger charge is -2.21. The third-order valence-electron chi connectivity index (χ3n) is 2.70. The Morgan fingerprint density at radius 2 is 2.11 bits per heavy atom. The molecular formula is C13H13NO3S. The largest absolute Gasteiger partial charge is 0.623 e. The highest BCUT2D eigenvalue weighted by molar-refractivity contribution is 7.72. The number of quaternary nitrogens is 1. The van der Waals surface area contributed by atoms with E-state index in [1.54, 1.807) is 12.2 Å². The predicted molar refractivity (Wildman–Crippen MR) is 70.4 cm³/mol. The van der Waals surface area contributed by atoms with Gasteiger partial charge < -0.3 is 10.3 Å². The van der Waals surface area contributed by atoms with Gasteiger partial charge in [0.1, 0.15) is 6.20 Å². The van der Waals surface area contributed by atoms with Gasteiger partial charge in [-0.1, -0.05) is 29.8 Å². The Labute approximate surface area is 107 Å². The van der Waals surface area contributed by atoms with Crippen LogP contribution in [0.5, 0.6) is 0 Å². The molecule has 0 spiro atoms. The van der Waals surface area contributed by atoms with Crippen molar-refractivity contribution in [2.45, 2.75) is 13.3 Å². The lowest BCUT2D eigenvalue weighted by atomic mass is 10.0. The van der Waals surface area contributed by atoms with E-state index in [9.17, 15) is 13.6 Å². The van der Waals surface area contributed by atoms with Crippen LogP contribution in [0.3, 0.4) is 0 Å². The number of nitrogens with one attached hydrogen (secondary N) is 1. The third-order valence-corrected chi connectivity index (χ3v) is 3.50. The van der Waals surface area contributed by atoms with Gasteiger partial charge in [-0.2, -0.15) is 8.42 Å². The molecule has 1 aromatic carbocycles. The summed E-state index contributed by atoms with van der Waals surface area (Å²) >= 11 is 0. The van der Waals surface area contributed by atoms with Crippen LogP contribution in [0.15, 0.2) is 48.2 Å². The molecule has 0 amide bonds. The fourth-order valence-corrected chi connectivity index (χ4v) is 2.52. The van der Waals surface area contributed by atoms with Crippen molar-refractivity contribution in [1.82, 2.24) is 0 Å². The second-order valence-electron chi connectivity index (χ2n) is 4.14. The van der Waals surface area contributed by atoms with Gasteiger partial charge in [0.25, 0.3) is 15.3 Å². The van der Waals surface area contributed by atoms with Crippen molar-refractivity contribution in [1.29, 1.82) is 0 Å². The molecule has 1 aromatic rings. The van der Waals surface area contributed by atoms with Gasteiger partial charge in [-0.15, -0.1) is 0 Å². The molecule has 94 valence electrons. The lowest BCUT2D eigenvalue weighted by molar-refractivity contribution is -0.680. The fourth-order valence-electron chi connectivity index (χ4n) is 1.93. The quantitative estimate of drug-likeness (QED) is 0.620. The van der Waals surface area contributed by atoms with Crippen LogP contribution in [-0.4, -0.2) is 13.4 Å². The second-order valence-corrected chi connectivity index (χ2v) is 5.02. The average molecular weight is 263 g/mol. The molecule has 0 saturated heterocycles. The van der Waals surface area contributed by atoms with E-state index in [1.807, 2.05) is 31.2 Å². The standard InChI is InChI=1S/C13H13NO3S/c1-10-4-2-5-11(8-10)9-12-6-3-7-14(15)13(12)18(16)17/h2-8,14H,9H2,1H3. The highest BCUT2D eigenvalue weighted by Crippen LogP contribution is 2.11. The van der Waals surface area contributed by atoms with Crippen molar-refractivity contribution in [3.63, 3.8) is 0 Å². The zero-order chi connectivity index (χ0) is 13.1. The fraction of sp³-hybridized carbons (Fsp3) is 0.154. The number of hydrogen-bond acceptors (Lipinski definition) is 3. The molecule has 0 saturated carbocycles. The molecule has 1 atom stereocenters. The molecule has 18 heavy (non-hydrogen) atoms. The van der Waals surface area contributed by atoms with E-state index in [0.29, 0.717) is 12.0 Å². The number of benzene rings is 1. The van der Waals surface area contributed by atoms with Crippen LogP contribution in [0.4, 0.5) is 0 Å². The average Bonchev–Trinajstić information content (AvgIpc) is 2.28. The predicted octanol–water partition coefficient (Wildman–Crippen LogP) is 0.383. The SMILES string of the molecule is Cc1cccc(CC2=CC=C[NH+]([O-])C2=S(=O)=O)c1. The van der Waals surface area contributed by atoms with Gasteiger partial charge >= 0.3 is 0 Å². The summed E-state index contributed by atoms with van der Waals surface area (Å²) in [4.78, 5) is -0.126. The first-order valence-corrected chi connectivity index (χ1v) is 6.59. The highest BCUT2D eigenvalue weighted by Gasteiger charge is 2.18. The van der Waals surface area contributed by atoms with Crippen molar-refractivity contribution in [3.05, 3.63) is 64.5 Å². The molecular weight excluding hydrogens is 250 g/mol. The summed E-state index contributed by atoms with van der Waals surface area (Å²) in [7, 11) is -2.49. The van der Waals surface area contributed by atoms with Gasteiger partial charge in [-0.25, -0.2) is 0 Å². The van der Waals surface area contributed by atoms with Crippen molar-refractivity contribution >= 4 is 15.3 Å². The first-order valence-electron chi connectivity index (χ1n) is 5.51. The molecule has 2 rings (SSSR count). The molecule has 1 heterocycles. The van der Waals surface area contributed by atoms with Crippen molar-refractivity contribution in [3.8, 4) is 0 Å². The highest BCUT2D eigenvalue weighted by atomic mass is 32.2. The maximum Gasteiger partial charge on any atom is 0.277 e. The van der Waals surface area contributed by atoms with E-state index in [1.165, 1.54) is 6.20 Å². The van der Waals surface area contributed by atoms with Crippen LogP contribution < -0.4 is 5.06 Å². The number of allylic oxidation sites excluding steroid dienone is 2. The van der Waals surface area contributed by atoms with Crippen LogP contribution in [0.1, 0.15) is 11.1 Å². The van der Waals surface area contributed by atoms with Crippen molar-refractivity contribution in [2.75, 3.05) is 0 Å². The van der Waals surface area contributed by atoms with E-state index in [2.05, 4.69) is 0 Å². The summed E-state index contributed by atoms with van der Waals surface area (Å²) in [5.74, 6) is 0. The Kier molecular flexibility index (Phi) is 3.76. The summed E-state index contributed by atoms with van der Waals surface area (Å²) in [5.41, 5.74) is 2.64. The van der Waals surface area contributed by atoms with Crippen LogP contribution in [0.2, 0.25) is 0 Å². The van der Waals surface area contributed by atoms with Gasteiger partial charge in [0.05, 0.1) is 0 Å². The smallest absolute Gasteiger partial charge is 0.277 e. The lowest BCUT2D eigenvalue weighted by Crippen LogP contribution is -3.06. The number of hydrogen-bond donors (Lipinski definition) is 1. The maximum atomic E-state index is 11.5. The minimum Gasteiger partial charge on any atom is -0.623 e. The van der Waals surface area contributed by atoms with Gasteiger partial charge in [0.2, 0.25) is 0 Å². The van der Waals surface area contributed by atoms with E-state index >= 15 is 0 Å². The van der Waals surface area contributed by atoms with E-state index in [0.717, 1.165) is 11.1 Å².